The number of nitrogens with zero attached hydrogens (tertiary/aromatic N) is 2. The first-order chi connectivity index (χ1) is 14.9. The minimum atomic E-state index is -1.50. The molecular formula is C25H23N3O2S. The van der Waals surface area contributed by atoms with Crippen LogP contribution in [-0.4, -0.2) is 20.1 Å². The number of amides is 1. The Labute approximate surface area is 184 Å². The van der Waals surface area contributed by atoms with Gasteiger partial charge in [0, 0.05) is 23.0 Å². The minimum Gasteiger partial charge on any atom is -0.322 e. The maximum atomic E-state index is 13.3. The average molecular weight is 430 g/mol. The Hall–Kier alpha value is -3.38. The van der Waals surface area contributed by atoms with Gasteiger partial charge in [-0.25, -0.2) is 4.98 Å². The molecule has 2 aromatic heterocycles. The number of anilines is 1. The third-order valence-electron chi connectivity index (χ3n) is 4.93. The molecule has 6 heteroatoms. The van der Waals surface area contributed by atoms with Crippen molar-refractivity contribution in [2.75, 3.05) is 5.32 Å². The number of pyridine rings is 2. The number of nitrogens with one attached hydrogen (secondary N) is 1. The Balaban J connectivity index is 1.64. The molecule has 0 spiro atoms. The molecule has 31 heavy (non-hydrogen) atoms. The molecule has 0 saturated carbocycles. The molecule has 0 bridgehead atoms. The van der Waals surface area contributed by atoms with E-state index in [2.05, 4.69) is 15.3 Å². The van der Waals surface area contributed by atoms with Gasteiger partial charge in [-0.05, 0) is 73.9 Å². The second-order valence-corrected chi connectivity index (χ2v) is 8.98. The largest absolute Gasteiger partial charge is 0.322 e. The van der Waals surface area contributed by atoms with Crippen molar-refractivity contribution in [2.24, 2.45) is 0 Å². The van der Waals surface area contributed by atoms with E-state index >= 15 is 0 Å². The summed E-state index contributed by atoms with van der Waals surface area (Å²) in [5.74, 6) is -0.0673. The quantitative estimate of drug-likeness (QED) is 0.478. The van der Waals surface area contributed by atoms with E-state index in [1.54, 1.807) is 18.3 Å². The highest BCUT2D eigenvalue weighted by Gasteiger charge is 2.19. The van der Waals surface area contributed by atoms with Gasteiger partial charge in [-0.3, -0.25) is 14.0 Å². The molecule has 4 aromatic rings. The molecule has 5 nitrogen and oxygen atoms in total. The molecule has 0 saturated heterocycles. The molecule has 0 aliphatic heterocycles. The molecular weight excluding hydrogens is 406 g/mol. The van der Waals surface area contributed by atoms with Crippen LogP contribution in [0.4, 0.5) is 5.69 Å². The lowest BCUT2D eigenvalue weighted by Crippen LogP contribution is -2.16. The summed E-state index contributed by atoms with van der Waals surface area (Å²) in [7, 11) is -1.50. The summed E-state index contributed by atoms with van der Waals surface area (Å²) in [6.45, 7) is 5.88. The number of benzene rings is 2. The smallest absolute Gasteiger partial charge is 0.258 e. The molecule has 0 aliphatic rings. The monoisotopic (exact) mass is 429 g/mol. The van der Waals surface area contributed by atoms with Crippen LogP contribution in [0.5, 0.6) is 0 Å². The summed E-state index contributed by atoms with van der Waals surface area (Å²) >= 11 is 0. The Kier molecular flexibility index (Phi) is 5.91. The van der Waals surface area contributed by atoms with Crippen molar-refractivity contribution >= 4 is 33.3 Å². The van der Waals surface area contributed by atoms with Crippen molar-refractivity contribution in [1.82, 2.24) is 9.97 Å². The van der Waals surface area contributed by atoms with Crippen molar-refractivity contribution in [1.29, 1.82) is 0 Å². The first kappa shape index (κ1) is 20.9. The fourth-order valence-electron chi connectivity index (χ4n) is 3.71. The zero-order valence-corrected chi connectivity index (χ0v) is 18.5. The van der Waals surface area contributed by atoms with Gasteiger partial charge in [0.15, 0.2) is 0 Å². The summed E-state index contributed by atoms with van der Waals surface area (Å²) in [4.78, 5) is 21.8. The van der Waals surface area contributed by atoms with Crippen LogP contribution in [0.25, 0.3) is 10.9 Å². The minimum absolute atomic E-state index is 0.255. The van der Waals surface area contributed by atoms with E-state index in [0.717, 1.165) is 33.3 Å². The normalized spacial score (nSPS) is 12.0. The Bertz CT molecular complexity index is 1300. The number of aryl methyl sites for hydroxylation is 3. The van der Waals surface area contributed by atoms with Gasteiger partial charge in [0.1, 0.15) is 5.03 Å². The number of aromatic nitrogens is 2. The zero-order chi connectivity index (χ0) is 22.0. The van der Waals surface area contributed by atoms with E-state index in [4.69, 9.17) is 0 Å². The molecule has 0 radical (unpaired) electrons. The van der Waals surface area contributed by atoms with E-state index in [0.29, 0.717) is 11.3 Å². The van der Waals surface area contributed by atoms with Crippen LogP contribution in [0, 0.1) is 20.8 Å². The van der Waals surface area contributed by atoms with Gasteiger partial charge >= 0.3 is 0 Å². The second-order valence-electron chi connectivity index (χ2n) is 7.62. The zero-order valence-electron chi connectivity index (χ0n) is 17.7. The molecule has 1 unspecified atom stereocenters. The number of carbonyl (C=O) groups excluding carboxylic acids is 1. The number of fused-ring (bicyclic) bond motifs is 1. The van der Waals surface area contributed by atoms with Crippen molar-refractivity contribution in [2.45, 2.75) is 31.6 Å². The van der Waals surface area contributed by atoms with E-state index in [9.17, 15) is 9.00 Å². The molecule has 0 fully saturated rings. The fourth-order valence-corrected chi connectivity index (χ4v) is 4.96. The third kappa shape index (κ3) is 4.70. The summed E-state index contributed by atoms with van der Waals surface area (Å²) in [6, 6.07) is 18.9. The predicted molar refractivity (Wildman–Crippen MR) is 125 cm³/mol. The highest BCUT2D eigenvalue weighted by molar-refractivity contribution is 7.84. The number of para-hydroxylation sites is 1. The van der Waals surface area contributed by atoms with Crippen LogP contribution in [-0.2, 0) is 16.6 Å². The highest BCUT2D eigenvalue weighted by atomic mass is 32.2. The number of rotatable bonds is 5. The number of hydrogen-bond donors (Lipinski definition) is 1. The van der Waals surface area contributed by atoms with Crippen LogP contribution in [0.1, 0.15) is 32.7 Å². The molecule has 1 N–H and O–H groups in total. The molecule has 1 atom stereocenters. The molecule has 0 aliphatic carbocycles. The summed E-state index contributed by atoms with van der Waals surface area (Å²) in [5.41, 5.74) is 5.79. The number of carbonyl (C=O) groups is 1. The molecule has 4 rings (SSSR count). The first-order valence-corrected chi connectivity index (χ1v) is 11.3. The lowest BCUT2D eigenvalue weighted by atomic mass is 10.1. The van der Waals surface area contributed by atoms with Crippen LogP contribution >= 0.6 is 0 Å². The van der Waals surface area contributed by atoms with Crippen LogP contribution in [0.2, 0.25) is 0 Å². The first-order valence-electron chi connectivity index (χ1n) is 9.99. The topological polar surface area (TPSA) is 72.0 Å². The van der Waals surface area contributed by atoms with Gasteiger partial charge in [-0.15, -0.1) is 0 Å². The lowest BCUT2D eigenvalue weighted by molar-refractivity contribution is 0.102. The van der Waals surface area contributed by atoms with E-state index < -0.39 is 10.8 Å². The van der Waals surface area contributed by atoms with E-state index in [1.165, 1.54) is 0 Å². The van der Waals surface area contributed by atoms with Crippen LogP contribution in [0.3, 0.4) is 0 Å². The highest BCUT2D eigenvalue weighted by Crippen LogP contribution is 2.23. The number of hydrogen-bond acceptors (Lipinski definition) is 4. The standard InChI is InChI=1S/C25H23N3O2S/c1-16-11-17(2)13-20(12-16)28-24(29)22-8-6-10-26-25(22)31(30)15-19-14-18(3)27-23-9-5-4-7-21(19)23/h4-14H,15H2,1-3H3,(H,28,29). The summed E-state index contributed by atoms with van der Waals surface area (Å²) in [5, 5.41) is 4.15. The Morgan fingerprint density at radius 2 is 1.71 bits per heavy atom. The Morgan fingerprint density at radius 1 is 0.968 bits per heavy atom. The van der Waals surface area contributed by atoms with Gasteiger partial charge in [0.2, 0.25) is 0 Å². The fraction of sp³-hybridized carbons (Fsp3) is 0.160. The average Bonchev–Trinajstić information content (AvgIpc) is 2.72. The van der Waals surface area contributed by atoms with Gasteiger partial charge in [-0.2, -0.15) is 0 Å². The Morgan fingerprint density at radius 3 is 2.48 bits per heavy atom. The maximum Gasteiger partial charge on any atom is 0.258 e. The predicted octanol–water partition coefficient (Wildman–Crippen LogP) is 5.12. The van der Waals surface area contributed by atoms with E-state index in [1.807, 2.05) is 69.3 Å². The van der Waals surface area contributed by atoms with Crippen LogP contribution < -0.4 is 5.32 Å². The summed E-state index contributed by atoms with van der Waals surface area (Å²) < 4.78 is 13.3. The van der Waals surface area contributed by atoms with Gasteiger partial charge < -0.3 is 5.32 Å². The lowest BCUT2D eigenvalue weighted by Gasteiger charge is -2.12. The van der Waals surface area contributed by atoms with Gasteiger partial charge in [0.05, 0.1) is 27.6 Å². The van der Waals surface area contributed by atoms with Crippen molar-refractivity contribution in [3.63, 3.8) is 0 Å². The van der Waals surface area contributed by atoms with Crippen LogP contribution in [0.15, 0.2) is 71.9 Å². The SMILES string of the molecule is Cc1cc(C)cc(NC(=O)c2cccnc2S(=O)Cc2cc(C)nc3ccccc23)c1. The van der Waals surface area contributed by atoms with Crippen molar-refractivity contribution in [3.8, 4) is 0 Å². The molecule has 2 aromatic carbocycles. The third-order valence-corrected chi connectivity index (χ3v) is 6.26. The van der Waals surface area contributed by atoms with E-state index in [-0.39, 0.29) is 16.7 Å². The maximum absolute atomic E-state index is 13.3. The summed E-state index contributed by atoms with van der Waals surface area (Å²) in [6.07, 6.45) is 1.57. The molecule has 2 heterocycles. The van der Waals surface area contributed by atoms with Gasteiger partial charge in [-0.1, -0.05) is 24.3 Å². The molecule has 156 valence electrons. The second kappa shape index (κ2) is 8.78. The van der Waals surface area contributed by atoms with Gasteiger partial charge in [0.25, 0.3) is 5.91 Å². The molecule has 1 amide bonds. The van der Waals surface area contributed by atoms with Crippen molar-refractivity contribution < 1.29 is 9.00 Å². The van der Waals surface area contributed by atoms with Crippen molar-refractivity contribution in [3.05, 3.63) is 94.8 Å².